The lowest BCUT2D eigenvalue weighted by atomic mass is 9.98. The lowest BCUT2D eigenvalue weighted by molar-refractivity contribution is 0.580. The molecule has 3 aromatic heterocycles. The number of hydrogen-bond donors (Lipinski definition) is 1. The Morgan fingerprint density at radius 3 is 2.27 bits per heavy atom. The molecule has 8 rings (SSSR count). The number of nitrogens with one attached hydrogen (secondary N) is 1. The SMILES string of the molecule is C#C/C=C\c1c(C)oc2c1ccc1c2c2ccc(-c3c(NC)cccc3-n3c4ccccc4c4ccccc43)cc2n1/C(C)=C/C(C)CC. The van der Waals surface area contributed by atoms with Crippen molar-refractivity contribution in [2.45, 2.75) is 34.1 Å². The molecule has 0 aliphatic rings. The van der Waals surface area contributed by atoms with Crippen LogP contribution in [0.4, 0.5) is 5.69 Å². The topological polar surface area (TPSA) is 35.0 Å². The summed E-state index contributed by atoms with van der Waals surface area (Å²) in [5.41, 5.74) is 12.3. The number of hydrogen-bond acceptors (Lipinski definition) is 2. The molecule has 0 saturated carbocycles. The van der Waals surface area contributed by atoms with Gasteiger partial charge in [0.25, 0.3) is 0 Å². The predicted octanol–water partition coefficient (Wildman–Crippen LogP) is 12.2. The number of anilines is 1. The van der Waals surface area contributed by atoms with E-state index >= 15 is 0 Å². The maximum atomic E-state index is 6.55. The van der Waals surface area contributed by atoms with Crippen molar-refractivity contribution in [3.63, 3.8) is 0 Å². The Morgan fingerprint density at radius 2 is 1.57 bits per heavy atom. The van der Waals surface area contributed by atoms with Gasteiger partial charge in [0.05, 0.1) is 33.1 Å². The van der Waals surface area contributed by atoms with Crippen molar-refractivity contribution in [2.75, 3.05) is 12.4 Å². The molecule has 5 aromatic carbocycles. The van der Waals surface area contributed by atoms with Gasteiger partial charge in [-0.3, -0.25) is 0 Å². The van der Waals surface area contributed by atoms with Crippen molar-refractivity contribution >= 4 is 72.0 Å². The van der Waals surface area contributed by atoms with Gasteiger partial charge in [-0.05, 0) is 79.9 Å². The van der Waals surface area contributed by atoms with Crippen LogP contribution in [0.15, 0.2) is 114 Å². The monoisotopic (exact) mass is 637 g/mol. The quantitative estimate of drug-likeness (QED) is 0.177. The molecule has 0 aliphatic carbocycles. The van der Waals surface area contributed by atoms with Crippen molar-refractivity contribution < 1.29 is 4.42 Å². The van der Waals surface area contributed by atoms with Crippen LogP contribution in [-0.4, -0.2) is 16.2 Å². The number of nitrogens with zero attached hydrogens (tertiary/aromatic N) is 2. The molecule has 0 radical (unpaired) electrons. The molecule has 3 heterocycles. The zero-order valence-corrected chi connectivity index (χ0v) is 28.6. The first-order valence-electron chi connectivity index (χ1n) is 17.1. The fourth-order valence-electron chi connectivity index (χ4n) is 7.69. The minimum atomic E-state index is 0.442. The summed E-state index contributed by atoms with van der Waals surface area (Å²) in [6.45, 7) is 8.76. The number of terminal acetylenes is 1. The Morgan fingerprint density at radius 1 is 0.857 bits per heavy atom. The third-order valence-corrected chi connectivity index (χ3v) is 10.1. The van der Waals surface area contributed by atoms with Gasteiger partial charge < -0.3 is 18.9 Å². The van der Waals surface area contributed by atoms with Crippen LogP contribution < -0.4 is 5.32 Å². The molecular formula is C45H39N3O. The lowest BCUT2D eigenvalue weighted by Gasteiger charge is -2.18. The molecule has 8 aromatic rings. The summed E-state index contributed by atoms with van der Waals surface area (Å²) >= 11 is 0. The Hall–Kier alpha value is -5.92. The van der Waals surface area contributed by atoms with Crippen LogP contribution in [0.5, 0.6) is 0 Å². The number of rotatable bonds is 7. The van der Waals surface area contributed by atoms with Gasteiger partial charge in [-0.15, -0.1) is 6.42 Å². The Labute approximate surface area is 287 Å². The molecule has 4 heteroatoms. The van der Waals surface area contributed by atoms with Gasteiger partial charge in [0.2, 0.25) is 0 Å². The fourth-order valence-corrected chi connectivity index (χ4v) is 7.69. The molecule has 1 atom stereocenters. The molecule has 4 nitrogen and oxygen atoms in total. The highest BCUT2D eigenvalue weighted by molar-refractivity contribution is 6.21. The smallest absolute Gasteiger partial charge is 0.144 e. The van der Waals surface area contributed by atoms with E-state index in [0.29, 0.717) is 5.92 Å². The Balaban J connectivity index is 1.46. The zero-order valence-electron chi connectivity index (χ0n) is 28.6. The van der Waals surface area contributed by atoms with Crippen molar-refractivity contribution in [1.82, 2.24) is 9.13 Å². The largest absolute Gasteiger partial charge is 0.460 e. The highest BCUT2D eigenvalue weighted by atomic mass is 16.3. The number of furan rings is 1. The van der Waals surface area contributed by atoms with Crippen LogP contribution in [0.1, 0.15) is 38.5 Å². The summed E-state index contributed by atoms with van der Waals surface area (Å²) in [6.07, 6.45) is 12.8. The number of fused-ring (bicyclic) bond motifs is 8. The van der Waals surface area contributed by atoms with E-state index in [1.165, 1.54) is 27.5 Å². The van der Waals surface area contributed by atoms with Crippen LogP contribution >= 0.6 is 0 Å². The molecule has 0 spiro atoms. The Bertz CT molecular complexity index is 2630. The predicted molar refractivity (Wildman–Crippen MR) is 211 cm³/mol. The molecule has 240 valence electrons. The van der Waals surface area contributed by atoms with E-state index in [9.17, 15) is 0 Å². The van der Waals surface area contributed by atoms with Gasteiger partial charge in [0.1, 0.15) is 11.3 Å². The minimum absolute atomic E-state index is 0.442. The lowest BCUT2D eigenvalue weighted by Crippen LogP contribution is -2.01. The number of aromatic nitrogens is 2. The normalized spacial score (nSPS) is 13.0. The molecule has 0 fully saturated rings. The van der Waals surface area contributed by atoms with E-state index in [1.54, 1.807) is 6.08 Å². The average molecular weight is 638 g/mol. The second kappa shape index (κ2) is 12.0. The maximum Gasteiger partial charge on any atom is 0.144 e. The third-order valence-electron chi connectivity index (χ3n) is 10.1. The van der Waals surface area contributed by atoms with Crippen molar-refractivity contribution in [3.05, 3.63) is 121 Å². The first kappa shape index (κ1) is 30.4. The van der Waals surface area contributed by atoms with Crippen LogP contribution in [-0.2, 0) is 0 Å². The second-order valence-electron chi connectivity index (χ2n) is 13.0. The van der Waals surface area contributed by atoms with Crippen LogP contribution in [0.2, 0.25) is 0 Å². The number of benzene rings is 5. The van der Waals surface area contributed by atoms with E-state index in [-0.39, 0.29) is 0 Å². The molecule has 0 bridgehead atoms. The summed E-state index contributed by atoms with van der Waals surface area (Å²) in [5.74, 6) is 3.93. The van der Waals surface area contributed by atoms with Crippen LogP contribution in [0.3, 0.4) is 0 Å². The third kappa shape index (κ3) is 4.69. The van der Waals surface area contributed by atoms with Crippen molar-refractivity contribution in [3.8, 4) is 29.2 Å². The van der Waals surface area contributed by atoms with E-state index in [4.69, 9.17) is 10.8 Å². The molecule has 0 amide bonds. The van der Waals surface area contributed by atoms with Gasteiger partial charge in [-0.1, -0.05) is 86.9 Å². The van der Waals surface area contributed by atoms with E-state index in [1.807, 2.05) is 20.0 Å². The average Bonchev–Trinajstić information content (AvgIpc) is 3.76. The van der Waals surface area contributed by atoms with Crippen LogP contribution in [0, 0.1) is 25.2 Å². The summed E-state index contributed by atoms with van der Waals surface area (Å²) in [4.78, 5) is 0. The Kier molecular flexibility index (Phi) is 7.42. The highest BCUT2D eigenvalue weighted by Crippen LogP contribution is 2.44. The molecular weight excluding hydrogens is 599 g/mol. The number of para-hydroxylation sites is 2. The zero-order chi connectivity index (χ0) is 33.8. The van der Waals surface area contributed by atoms with Gasteiger partial charge >= 0.3 is 0 Å². The standard InChI is InChI=1S/C45H39N3O/c1-7-9-15-32-30(5)49-45-35(32)24-25-41-44(45)36-23-22-31(27-42(36)47(41)29(4)26-28(3)8-2)43-37(46-6)18-14-21-40(43)48-38-19-12-10-16-33(38)34-17-11-13-20-39(34)48/h1,9-28,46H,8H2,2-6H3/b15-9-,29-26+. The second-order valence-corrected chi connectivity index (χ2v) is 13.0. The summed E-state index contributed by atoms with van der Waals surface area (Å²) < 4.78 is 11.4. The molecule has 49 heavy (non-hydrogen) atoms. The minimum Gasteiger partial charge on any atom is -0.460 e. The van der Waals surface area contributed by atoms with Crippen molar-refractivity contribution in [2.24, 2.45) is 5.92 Å². The molecule has 1 N–H and O–H groups in total. The van der Waals surface area contributed by atoms with Gasteiger partial charge in [0.15, 0.2) is 0 Å². The molecule has 0 saturated heterocycles. The number of aryl methyl sites for hydroxylation is 1. The molecule has 0 aliphatic heterocycles. The fraction of sp³-hybridized carbons (Fsp3) is 0.156. The van der Waals surface area contributed by atoms with Gasteiger partial charge in [-0.2, -0.15) is 0 Å². The van der Waals surface area contributed by atoms with Gasteiger partial charge in [0, 0.05) is 51.1 Å². The van der Waals surface area contributed by atoms with E-state index in [2.05, 4.69) is 144 Å². The summed E-state index contributed by atoms with van der Waals surface area (Å²) in [6, 6.07) is 35.2. The van der Waals surface area contributed by atoms with E-state index < -0.39 is 0 Å². The van der Waals surface area contributed by atoms with Crippen LogP contribution in [0.25, 0.3) is 83.2 Å². The molecule has 1 unspecified atom stereocenters. The summed E-state index contributed by atoms with van der Waals surface area (Å²) in [5, 5.41) is 9.35. The maximum absolute atomic E-state index is 6.55. The first-order valence-corrected chi connectivity index (χ1v) is 17.1. The highest BCUT2D eigenvalue weighted by Gasteiger charge is 2.22. The van der Waals surface area contributed by atoms with Gasteiger partial charge in [-0.25, -0.2) is 0 Å². The van der Waals surface area contributed by atoms with Crippen molar-refractivity contribution in [1.29, 1.82) is 0 Å². The summed E-state index contributed by atoms with van der Waals surface area (Å²) in [7, 11) is 2.01. The number of allylic oxidation sites excluding steroid dienone is 3. The van der Waals surface area contributed by atoms with E-state index in [0.717, 1.165) is 73.0 Å². The first-order chi connectivity index (χ1) is 23.9.